The van der Waals surface area contributed by atoms with E-state index in [1.807, 2.05) is 17.5 Å². The topological polar surface area (TPSA) is 38.3 Å². The van der Waals surface area contributed by atoms with Gasteiger partial charge >= 0.3 is 6.09 Å². The van der Waals surface area contributed by atoms with E-state index in [1.165, 1.54) is 11.3 Å². The normalized spacial score (nSPS) is 9.18. The van der Waals surface area contributed by atoms with Gasteiger partial charge in [0.1, 0.15) is 0 Å². The average molecular weight is 171 g/mol. The largest absolute Gasteiger partial charge is 0.450 e. The van der Waals surface area contributed by atoms with E-state index in [0.717, 1.165) is 5.00 Å². The van der Waals surface area contributed by atoms with Crippen molar-refractivity contribution in [1.29, 1.82) is 0 Å². The van der Waals surface area contributed by atoms with Gasteiger partial charge in [0.2, 0.25) is 0 Å². The molecule has 0 aromatic carbocycles. The van der Waals surface area contributed by atoms with Crippen molar-refractivity contribution in [2.24, 2.45) is 0 Å². The number of nitrogens with one attached hydrogen (secondary N) is 1. The van der Waals surface area contributed by atoms with Crippen molar-refractivity contribution in [1.82, 2.24) is 0 Å². The summed E-state index contributed by atoms with van der Waals surface area (Å²) in [4.78, 5) is 10.8. The zero-order valence-corrected chi connectivity index (χ0v) is 6.98. The van der Waals surface area contributed by atoms with Crippen LogP contribution in [0.1, 0.15) is 6.92 Å². The standard InChI is InChI=1S/C7H9NO2S/c1-2-10-7(9)8-6-4-3-5-11-6/h3-5H,2H2,1H3,(H,8,9). The molecule has 3 nitrogen and oxygen atoms in total. The predicted octanol–water partition coefficient (Wildman–Crippen LogP) is 2.32. The van der Waals surface area contributed by atoms with E-state index in [9.17, 15) is 4.79 Å². The van der Waals surface area contributed by atoms with E-state index in [0.29, 0.717) is 6.61 Å². The second-order valence-electron chi connectivity index (χ2n) is 1.82. The lowest BCUT2D eigenvalue weighted by molar-refractivity contribution is 0.168. The SMILES string of the molecule is CCOC(=O)Nc1cccs1. The summed E-state index contributed by atoms with van der Waals surface area (Å²) in [6.45, 7) is 2.17. The summed E-state index contributed by atoms with van der Waals surface area (Å²) in [6, 6.07) is 3.69. The molecule has 0 saturated carbocycles. The first kappa shape index (κ1) is 8.07. The van der Waals surface area contributed by atoms with Crippen LogP contribution < -0.4 is 5.32 Å². The minimum atomic E-state index is -0.394. The number of ether oxygens (including phenoxy) is 1. The third-order valence-corrected chi connectivity index (χ3v) is 1.81. The molecule has 0 radical (unpaired) electrons. The van der Waals surface area contributed by atoms with Gasteiger partial charge in [-0.05, 0) is 24.4 Å². The Bertz CT molecular complexity index is 220. The lowest BCUT2D eigenvalue weighted by atomic mass is 10.6. The van der Waals surface area contributed by atoms with Crippen molar-refractivity contribution in [2.75, 3.05) is 11.9 Å². The van der Waals surface area contributed by atoms with E-state index >= 15 is 0 Å². The van der Waals surface area contributed by atoms with E-state index in [-0.39, 0.29) is 0 Å². The molecule has 11 heavy (non-hydrogen) atoms. The molecule has 0 aliphatic carbocycles. The van der Waals surface area contributed by atoms with Gasteiger partial charge in [0, 0.05) is 0 Å². The van der Waals surface area contributed by atoms with Crippen molar-refractivity contribution in [3.63, 3.8) is 0 Å². The smallest absolute Gasteiger partial charge is 0.412 e. The molecule has 1 heterocycles. The molecule has 1 N–H and O–H groups in total. The first-order chi connectivity index (χ1) is 5.33. The lowest BCUT2D eigenvalue weighted by Crippen LogP contribution is -2.11. The first-order valence-electron chi connectivity index (χ1n) is 3.30. The minimum absolute atomic E-state index is 0.394. The van der Waals surface area contributed by atoms with Gasteiger partial charge in [0.05, 0.1) is 11.6 Å². The Kier molecular flexibility index (Phi) is 2.92. The van der Waals surface area contributed by atoms with Gasteiger partial charge in [-0.15, -0.1) is 11.3 Å². The zero-order valence-electron chi connectivity index (χ0n) is 6.16. The predicted molar refractivity (Wildman–Crippen MR) is 45.0 cm³/mol. The Hall–Kier alpha value is -1.03. The number of rotatable bonds is 2. The number of thiophene rings is 1. The van der Waals surface area contributed by atoms with Crippen molar-refractivity contribution < 1.29 is 9.53 Å². The van der Waals surface area contributed by atoms with E-state index in [4.69, 9.17) is 0 Å². The molecule has 1 rings (SSSR count). The lowest BCUT2D eigenvalue weighted by Gasteiger charge is -2.00. The monoisotopic (exact) mass is 171 g/mol. The van der Waals surface area contributed by atoms with Crippen molar-refractivity contribution >= 4 is 22.4 Å². The molecule has 1 aromatic heterocycles. The molecule has 4 heteroatoms. The van der Waals surface area contributed by atoms with Crippen LogP contribution in [0.25, 0.3) is 0 Å². The van der Waals surface area contributed by atoms with Crippen LogP contribution in [0.5, 0.6) is 0 Å². The number of amides is 1. The van der Waals surface area contributed by atoms with Crippen molar-refractivity contribution in [3.8, 4) is 0 Å². The summed E-state index contributed by atoms with van der Waals surface area (Å²) < 4.78 is 4.67. The summed E-state index contributed by atoms with van der Waals surface area (Å²) >= 11 is 1.47. The zero-order chi connectivity index (χ0) is 8.10. The van der Waals surface area contributed by atoms with Gasteiger partial charge in [-0.3, -0.25) is 5.32 Å². The molecular formula is C7H9NO2S. The fourth-order valence-corrected chi connectivity index (χ4v) is 1.22. The molecule has 60 valence electrons. The Morgan fingerprint density at radius 2 is 2.64 bits per heavy atom. The highest BCUT2D eigenvalue weighted by Crippen LogP contribution is 2.14. The Balaban J connectivity index is 2.37. The fraction of sp³-hybridized carbons (Fsp3) is 0.286. The molecule has 0 aliphatic rings. The molecule has 0 unspecified atom stereocenters. The number of carbonyl (C=O) groups is 1. The number of hydrogen-bond acceptors (Lipinski definition) is 3. The number of anilines is 1. The number of carbonyl (C=O) groups excluding carboxylic acids is 1. The maximum absolute atomic E-state index is 10.8. The van der Waals surface area contributed by atoms with Crippen LogP contribution in [0.2, 0.25) is 0 Å². The molecular weight excluding hydrogens is 162 g/mol. The summed E-state index contributed by atoms with van der Waals surface area (Å²) in [5.41, 5.74) is 0. The second-order valence-corrected chi connectivity index (χ2v) is 2.77. The molecule has 1 amide bonds. The van der Waals surface area contributed by atoms with Crippen LogP contribution in [0.4, 0.5) is 9.80 Å². The second kappa shape index (κ2) is 3.98. The molecule has 0 saturated heterocycles. The fourth-order valence-electron chi connectivity index (χ4n) is 0.617. The van der Waals surface area contributed by atoms with Gasteiger partial charge < -0.3 is 4.74 Å². The first-order valence-corrected chi connectivity index (χ1v) is 4.18. The summed E-state index contributed by atoms with van der Waals surface area (Å²) in [5, 5.41) is 5.28. The van der Waals surface area contributed by atoms with Gasteiger partial charge in [0.15, 0.2) is 0 Å². The highest BCUT2D eigenvalue weighted by atomic mass is 32.1. The Morgan fingerprint density at radius 1 is 1.82 bits per heavy atom. The van der Waals surface area contributed by atoms with E-state index < -0.39 is 6.09 Å². The van der Waals surface area contributed by atoms with E-state index in [2.05, 4.69) is 10.1 Å². The van der Waals surface area contributed by atoms with Crippen LogP contribution in [0.3, 0.4) is 0 Å². The summed E-state index contributed by atoms with van der Waals surface area (Å²) in [5.74, 6) is 0. The van der Waals surface area contributed by atoms with Crippen LogP contribution in [0.15, 0.2) is 17.5 Å². The van der Waals surface area contributed by atoms with Crippen molar-refractivity contribution in [2.45, 2.75) is 6.92 Å². The number of hydrogen-bond donors (Lipinski definition) is 1. The van der Waals surface area contributed by atoms with E-state index in [1.54, 1.807) is 6.92 Å². The van der Waals surface area contributed by atoms with Crippen LogP contribution in [0, 0.1) is 0 Å². The average Bonchev–Trinajstić information content (AvgIpc) is 2.40. The maximum Gasteiger partial charge on any atom is 0.412 e. The maximum atomic E-state index is 10.8. The van der Waals surface area contributed by atoms with Crippen LogP contribution in [-0.4, -0.2) is 12.7 Å². The minimum Gasteiger partial charge on any atom is -0.450 e. The molecule has 0 spiro atoms. The molecule has 0 fully saturated rings. The molecule has 0 aliphatic heterocycles. The van der Waals surface area contributed by atoms with Gasteiger partial charge in [-0.2, -0.15) is 0 Å². The third-order valence-electron chi connectivity index (χ3n) is 1.02. The highest BCUT2D eigenvalue weighted by Gasteiger charge is 2.00. The van der Waals surface area contributed by atoms with Gasteiger partial charge in [0.25, 0.3) is 0 Å². The Labute approximate surface area is 69.0 Å². The highest BCUT2D eigenvalue weighted by molar-refractivity contribution is 7.14. The van der Waals surface area contributed by atoms with Crippen LogP contribution >= 0.6 is 11.3 Å². The van der Waals surface area contributed by atoms with Crippen LogP contribution in [-0.2, 0) is 4.74 Å². The molecule has 0 bridgehead atoms. The summed E-state index contributed by atoms with van der Waals surface area (Å²) in [7, 11) is 0. The van der Waals surface area contributed by atoms with Gasteiger partial charge in [-0.25, -0.2) is 4.79 Å². The third kappa shape index (κ3) is 2.59. The quantitative estimate of drug-likeness (QED) is 0.741. The summed E-state index contributed by atoms with van der Waals surface area (Å²) in [6.07, 6.45) is -0.394. The van der Waals surface area contributed by atoms with Gasteiger partial charge in [-0.1, -0.05) is 0 Å². The Morgan fingerprint density at radius 3 is 3.18 bits per heavy atom. The van der Waals surface area contributed by atoms with Crippen molar-refractivity contribution in [3.05, 3.63) is 17.5 Å². The molecule has 1 aromatic rings. The molecule has 0 atom stereocenters.